The Bertz CT molecular complexity index is 509. The second-order valence-electron chi connectivity index (χ2n) is 5.36. The SMILES string of the molecule is N[C@H]1CN(Cc2ccccc2)C[C@H]1c1ccccc1. The molecule has 1 aliphatic rings. The fraction of sp³-hybridized carbons (Fsp3) is 0.294. The quantitative estimate of drug-likeness (QED) is 0.910. The highest BCUT2D eigenvalue weighted by molar-refractivity contribution is 5.24. The van der Waals surface area contributed by atoms with E-state index in [9.17, 15) is 0 Å². The van der Waals surface area contributed by atoms with E-state index in [1.165, 1.54) is 11.1 Å². The van der Waals surface area contributed by atoms with Crippen LogP contribution in [0.2, 0.25) is 0 Å². The lowest BCUT2D eigenvalue weighted by molar-refractivity contribution is 0.324. The third-order valence-electron chi connectivity index (χ3n) is 3.92. The molecule has 19 heavy (non-hydrogen) atoms. The van der Waals surface area contributed by atoms with E-state index in [4.69, 9.17) is 5.73 Å². The molecule has 0 unspecified atom stereocenters. The maximum atomic E-state index is 6.31. The molecule has 2 atom stereocenters. The predicted molar refractivity (Wildman–Crippen MR) is 78.9 cm³/mol. The van der Waals surface area contributed by atoms with Crippen LogP contribution in [0, 0.1) is 0 Å². The number of likely N-dealkylation sites (tertiary alicyclic amines) is 1. The van der Waals surface area contributed by atoms with Crippen molar-refractivity contribution >= 4 is 0 Å². The summed E-state index contributed by atoms with van der Waals surface area (Å²) in [4.78, 5) is 2.46. The van der Waals surface area contributed by atoms with Crippen LogP contribution in [0.5, 0.6) is 0 Å². The zero-order valence-electron chi connectivity index (χ0n) is 11.1. The molecule has 2 N–H and O–H groups in total. The van der Waals surface area contributed by atoms with Gasteiger partial charge in [-0.1, -0.05) is 60.7 Å². The molecule has 0 radical (unpaired) electrons. The molecule has 2 aromatic rings. The van der Waals surface area contributed by atoms with Crippen molar-refractivity contribution in [2.45, 2.75) is 18.5 Å². The average molecular weight is 252 g/mol. The van der Waals surface area contributed by atoms with E-state index >= 15 is 0 Å². The lowest BCUT2D eigenvalue weighted by atomic mass is 9.95. The molecule has 1 aliphatic heterocycles. The summed E-state index contributed by atoms with van der Waals surface area (Å²) in [7, 11) is 0. The molecule has 1 saturated heterocycles. The first-order valence-electron chi connectivity index (χ1n) is 6.90. The lowest BCUT2D eigenvalue weighted by Crippen LogP contribution is -2.28. The molecule has 0 amide bonds. The van der Waals surface area contributed by atoms with E-state index < -0.39 is 0 Å². The van der Waals surface area contributed by atoms with Gasteiger partial charge >= 0.3 is 0 Å². The van der Waals surface area contributed by atoms with Gasteiger partial charge in [0.05, 0.1) is 0 Å². The zero-order valence-corrected chi connectivity index (χ0v) is 11.1. The Hall–Kier alpha value is -1.64. The van der Waals surface area contributed by atoms with Crippen LogP contribution in [0.25, 0.3) is 0 Å². The fourth-order valence-electron chi connectivity index (χ4n) is 2.94. The molecule has 0 bridgehead atoms. The molecule has 0 aromatic heterocycles. The monoisotopic (exact) mass is 252 g/mol. The first kappa shape index (κ1) is 12.4. The molecular formula is C17H20N2. The van der Waals surface area contributed by atoms with Crippen molar-refractivity contribution in [1.29, 1.82) is 0 Å². The van der Waals surface area contributed by atoms with Crippen LogP contribution in [0.4, 0.5) is 0 Å². The topological polar surface area (TPSA) is 29.3 Å². The van der Waals surface area contributed by atoms with Gasteiger partial charge in [0.2, 0.25) is 0 Å². The van der Waals surface area contributed by atoms with Gasteiger partial charge in [-0.25, -0.2) is 0 Å². The van der Waals surface area contributed by atoms with Crippen molar-refractivity contribution in [3.8, 4) is 0 Å². The number of benzene rings is 2. The van der Waals surface area contributed by atoms with Gasteiger partial charge in [-0.15, -0.1) is 0 Å². The summed E-state index contributed by atoms with van der Waals surface area (Å²) in [5, 5.41) is 0. The first-order chi connectivity index (χ1) is 9.33. The summed E-state index contributed by atoms with van der Waals surface area (Å²) in [6.07, 6.45) is 0. The van der Waals surface area contributed by atoms with Crippen LogP contribution in [-0.4, -0.2) is 24.0 Å². The third-order valence-corrected chi connectivity index (χ3v) is 3.92. The Morgan fingerprint density at radius 1 is 0.895 bits per heavy atom. The van der Waals surface area contributed by atoms with Crippen LogP contribution in [0.3, 0.4) is 0 Å². The Labute approximate surface area is 114 Å². The normalized spacial score (nSPS) is 23.6. The van der Waals surface area contributed by atoms with Gasteiger partial charge < -0.3 is 5.73 Å². The standard InChI is InChI=1S/C17H20N2/c18-17-13-19(11-14-7-3-1-4-8-14)12-16(17)15-9-5-2-6-10-15/h1-10,16-17H,11-13,18H2/t16-,17-/m0/s1. The van der Waals surface area contributed by atoms with Gasteiger partial charge in [-0.3, -0.25) is 4.90 Å². The van der Waals surface area contributed by atoms with Crippen molar-refractivity contribution in [3.63, 3.8) is 0 Å². The van der Waals surface area contributed by atoms with Crippen LogP contribution in [0.1, 0.15) is 17.0 Å². The summed E-state index contributed by atoms with van der Waals surface area (Å²) in [5.74, 6) is 0.463. The minimum Gasteiger partial charge on any atom is -0.326 e. The molecular weight excluding hydrogens is 232 g/mol. The second-order valence-corrected chi connectivity index (χ2v) is 5.36. The minimum absolute atomic E-state index is 0.242. The number of hydrogen-bond donors (Lipinski definition) is 1. The van der Waals surface area contributed by atoms with Gasteiger partial charge in [0.1, 0.15) is 0 Å². The molecule has 98 valence electrons. The molecule has 0 aliphatic carbocycles. The molecule has 2 aromatic carbocycles. The largest absolute Gasteiger partial charge is 0.326 e. The van der Waals surface area contributed by atoms with Crippen molar-refractivity contribution in [3.05, 3.63) is 71.8 Å². The summed E-state index contributed by atoms with van der Waals surface area (Å²) in [6.45, 7) is 3.03. The van der Waals surface area contributed by atoms with E-state index in [1.807, 2.05) is 0 Å². The summed E-state index contributed by atoms with van der Waals surface area (Å²) in [6, 6.07) is 21.5. The van der Waals surface area contributed by atoms with Gasteiger partial charge in [0.15, 0.2) is 0 Å². The van der Waals surface area contributed by atoms with E-state index in [2.05, 4.69) is 65.6 Å². The van der Waals surface area contributed by atoms with Crippen molar-refractivity contribution < 1.29 is 0 Å². The van der Waals surface area contributed by atoms with E-state index in [0.29, 0.717) is 5.92 Å². The van der Waals surface area contributed by atoms with Crippen LogP contribution in [0.15, 0.2) is 60.7 Å². The van der Waals surface area contributed by atoms with Crippen molar-refractivity contribution in [1.82, 2.24) is 4.90 Å². The summed E-state index contributed by atoms with van der Waals surface area (Å²) in [5.41, 5.74) is 9.04. The Morgan fingerprint density at radius 3 is 2.21 bits per heavy atom. The van der Waals surface area contributed by atoms with Crippen molar-refractivity contribution in [2.24, 2.45) is 5.73 Å². The third kappa shape index (κ3) is 2.86. The molecule has 3 rings (SSSR count). The average Bonchev–Trinajstić information content (AvgIpc) is 2.82. The van der Waals surface area contributed by atoms with Gasteiger partial charge in [0, 0.05) is 31.6 Å². The smallest absolute Gasteiger partial charge is 0.0250 e. The first-order valence-corrected chi connectivity index (χ1v) is 6.90. The Kier molecular flexibility index (Phi) is 3.62. The van der Waals surface area contributed by atoms with Crippen LogP contribution >= 0.6 is 0 Å². The lowest BCUT2D eigenvalue weighted by Gasteiger charge is -2.16. The summed E-state index contributed by atoms with van der Waals surface area (Å²) >= 11 is 0. The molecule has 2 heteroatoms. The predicted octanol–water partition coefficient (Wildman–Crippen LogP) is 2.61. The highest BCUT2D eigenvalue weighted by atomic mass is 15.2. The fourth-order valence-corrected chi connectivity index (χ4v) is 2.94. The molecule has 0 spiro atoms. The Balaban J connectivity index is 1.69. The number of hydrogen-bond acceptors (Lipinski definition) is 2. The minimum atomic E-state index is 0.242. The zero-order chi connectivity index (χ0) is 13.1. The van der Waals surface area contributed by atoms with E-state index in [-0.39, 0.29) is 6.04 Å². The highest BCUT2D eigenvalue weighted by Crippen LogP contribution is 2.27. The van der Waals surface area contributed by atoms with E-state index in [1.54, 1.807) is 0 Å². The molecule has 1 fully saturated rings. The number of nitrogens with zero attached hydrogens (tertiary/aromatic N) is 1. The molecule has 1 heterocycles. The highest BCUT2D eigenvalue weighted by Gasteiger charge is 2.30. The van der Waals surface area contributed by atoms with Crippen LogP contribution < -0.4 is 5.73 Å². The van der Waals surface area contributed by atoms with Crippen molar-refractivity contribution in [2.75, 3.05) is 13.1 Å². The van der Waals surface area contributed by atoms with Gasteiger partial charge in [-0.05, 0) is 11.1 Å². The Morgan fingerprint density at radius 2 is 1.53 bits per heavy atom. The van der Waals surface area contributed by atoms with Gasteiger partial charge in [-0.2, -0.15) is 0 Å². The molecule has 2 nitrogen and oxygen atoms in total. The number of rotatable bonds is 3. The van der Waals surface area contributed by atoms with Crippen LogP contribution in [-0.2, 0) is 6.54 Å². The van der Waals surface area contributed by atoms with E-state index in [0.717, 1.165) is 19.6 Å². The summed E-state index contributed by atoms with van der Waals surface area (Å²) < 4.78 is 0. The molecule has 0 saturated carbocycles. The maximum absolute atomic E-state index is 6.31. The van der Waals surface area contributed by atoms with Gasteiger partial charge in [0.25, 0.3) is 0 Å². The maximum Gasteiger partial charge on any atom is 0.0250 e. The number of nitrogens with two attached hydrogens (primary N) is 1. The second kappa shape index (κ2) is 5.55.